The molecule has 0 saturated carbocycles. The molecule has 0 aromatic heterocycles. The zero-order valence-electron chi connectivity index (χ0n) is 11.2. The number of rotatable bonds is 4. The summed E-state index contributed by atoms with van der Waals surface area (Å²) in [4.78, 5) is 11.7. The van der Waals surface area contributed by atoms with Gasteiger partial charge in [0, 0.05) is 17.3 Å². The molecule has 2 rings (SSSR count). The van der Waals surface area contributed by atoms with Gasteiger partial charge in [0.15, 0.2) is 11.6 Å². The van der Waals surface area contributed by atoms with Gasteiger partial charge < -0.3 is 15.2 Å². The number of hydrogen-bond donors (Lipinski definition) is 1. The molecule has 0 atom stereocenters. The Morgan fingerprint density at radius 2 is 1.95 bits per heavy atom. The topological polar surface area (TPSA) is 61.5 Å². The minimum absolute atomic E-state index is 0.0272. The summed E-state index contributed by atoms with van der Waals surface area (Å²) in [6.07, 6.45) is 0. The highest BCUT2D eigenvalue weighted by Gasteiger charge is 2.16. The van der Waals surface area contributed by atoms with Crippen LogP contribution in [0.3, 0.4) is 0 Å². The number of nitrogen functional groups attached to an aromatic ring is 1. The average Bonchev–Trinajstić information content (AvgIpc) is 2.48. The molecule has 0 amide bonds. The number of carbonyl (C=O) groups excluding carboxylic acids is 1. The molecule has 0 fully saturated rings. The van der Waals surface area contributed by atoms with E-state index in [0.29, 0.717) is 5.56 Å². The summed E-state index contributed by atoms with van der Waals surface area (Å²) in [5.74, 6) is -2.40. The quantitative estimate of drug-likeness (QED) is 0.695. The van der Waals surface area contributed by atoms with Gasteiger partial charge in [0.2, 0.25) is 0 Å². The van der Waals surface area contributed by atoms with Crippen molar-refractivity contribution in [1.29, 1.82) is 0 Å². The highest BCUT2D eigenvalue weighted by molar-refractivity contribution is 5.96. The summed E-state index contributed by atoms with van der Waals surface area (Å²) in [6, 6.07) is 8.05. The van der Waals surface area contributed by atoms with Crippen molar-refractivity contribution in [3.63, 3.8) is 0 Å². The monoisotopic (exact) mass is 293 g/mol. The number of benzene rings is 2. The fraction of sp³-hybridized carbons (Fsp3) is 0.133. The molecule has 0 aliphatic heterocycles. The zero-order valence-corrected chi connectivity index (χ0v) is 11.2. The summed E-state index contributed by atoms with van der Waals surface area (Å²) in [7, 11) is 1.24. The highest BCUT2D eigenvalue weighted by Crippen LogP contribution is 2.21. The Bertz CT molecular complexity index is 674. The van der Waals surface area contributed by atoms with Gasteiger partial charge in [-0.05, 0) is 18.2 Å². The Hall–Kier alpha value is -2.63. The lowest BCUT2D eigenvalue weighted by molar-refractivity contribution is 0.0599. The molecule has 0 unspecified atom stereocenters. The normalized spacial score (nSPS) is 10.2. The largest absolute Gasteiger partial charge is 0.489 e. The van der Waals surface area contributed by atoms with Crippen LogP contribution in [-0.4, -0.2) is 13.1 Å². The summed E-state index contributed by atoms with van der Waals surface area (Å²) >= 11 is 0. The van der Waals surface area contributed by atoms with Crippen LogP contribution in [0.25, 0.3) is 0 Å². The molecule has 21 heavy (non-hydrogen) atoms. The van der Waals surface area contributed by atoms with Crippen LogP contribution in [-0.2, 0) is 11.3 Å². The van der Waals surface area contributed by atoms with Gasteiger partial charge in [-0.25, -0.2) is 13.6 Å². The number of anilines is 1. The van der Waals surface area contributed by atoms with Gasteiger partial charge in [0.25, 0.3) is 0 Å². The van der Waals surface area contributed by atoms with Crippen molar-refractivity contribution in [1.82, 2.24) is 0 Å². The van der Waals surface area contributed by atoms with Crippen molar-refractivity contribution in [2.45, 2.75) is 6.61 Å². The number of ether oxygens (including phenoxy) is 2. The molecular weight excluding hydrogens is 280 g/mol. The average molecular weight is 293 g/mol. The first-order valence-electron chi connectivity index (χ1n) is 6.06. The van der Waals surface area contributed by atoms with Crippen molar-refractivity contribution in [2.24, 2.45) is 0 Å². The fourth-order valence-electron chi connectivity index (χ4n) is 1.82. The molecule has 0 aliphatic rings. The first-order chi connectivity index (χ1) is 10.0. The Balaban J connectivity index is 2.22. The molecule has 0 aliphatic carbocycles. The SMILES string of the molecule is COC(=O)c1c(N)cccc1COc1ccc(F)c(F)c1. The first-order valence-corrected chi connectivity index (χ1v) is 6.06. The van der Waals surface area contributed by atoms with Gasteiger partial charge >= 0.3 is 5.97 Å². The van der Waals surface area contributed by atoms with Crippen molar-refractivity contribution >= 4 is 11.7 Å². The predicted molar refractivity (Wildman–Crippen MR) is 72.9 cm³/mol. The van der Waals surface area contributed by atoms with Gasteiger partial charge in [-0.15, -0.1) is 0 Å². The fourth-order valence-corrected chi connectivity index (χ4v) is 1.82. The molecule has 4 nitrogen and oxygen atoms in total. The maximum atomic E-state index is 13.1. The Kier molecular flexibility index (Phi) is 4.37. The highest BCUT2D eigenvalue weighted by atomic mass is 19.2. The van der Waals surface area contributed by atoms with Crippen LogP contribution in [0.15, 0.2) is 36.4 Å². The molecule has 0 saturated heterocycles. The lowest BCUT2D eigenvalue weighted by Crippen LogP contribution is -2.11. The molecule has 2 aromatic rings. The Labute approximate surface area is 120 Å². The molecule has 0 bridgehead atoms. The summed E-state index contributed by atoms with van der Waals surface area (Å²) < 4.78 is 35.9. The van der Waals surface area contributed by atoms with E-state index < -0.39 is 17.6 Å². The van der Waals surface area contributed by atoms with Crippen LogP contribution in [0.4, 0.5) is 14.5 Å². The number of carbonyl (C=O) groups is 1. The third kappa shape index (κ3) is 3.28. The summed E-state index contributed by atoms with van der Waals surface area (Å²) in [5, 5.41) is 0. The predicted octanol–water partition coefficient (Wildman–Crippen LogP) is 2.91. The van der Waals surface area contributed by atoms with Gasteiger partial charge in [-0.3, -0.25) is 0 Å². The van der Waals surface area contributed by atoms with Crippen molar-refractivity contribution in [3.8, 4) is 5.75 Å². The molecular formula is C15H13F2NO3. The standard InChI is InChI=1S/C15H13F2NO3/c1-20-15(19)14-9(3-2-4-13(14)18)8-21-10-5-6-11(16)12(17)7-10/h2-7H,8,18H2,1H3. The van der Waals surface area contributed by atoms with E-state index in [9.17, 15) is 13.6 Å². The Morgan fingerprint density at radius 1 is 1.19 bits per heavy atom. The van der Waals surface area contributed by atoms with Crippen LogP contribution in [0.5, 0.6) is 5.75 Å². The molecule has 110 valence electrons. The van der Waals surface area contributed by atoms with E-state index in [1.807, 2.05) is 0 Å². The third-order valence-electron chi connectivity index (χ3n) is 2.86. The second-order valence-electron chi connectivity index (χ2n) is 4.24. The van der Waals surface area contributed by atoms with E-state index in [0.717, 1.165) is 12.1 Å². The minimum Gasteiger partial charge on any atom is -0.489 e. The van der Waals surface area contributed by atoms with Crippen LogP contribution in [0, 0.1) is 11.6 Å². The summed E-state index contributed by atoms with van der Waals surface area (Å²) in [5.41, 5.74) is 6.69. The van der Waals surface area contributed by atoms with E-state index in [4.69, 9.17) is 10.5 Å². The minimum atomic E-state index is -1.01. The molecule has 2 N–H and O–H groups in total. The van der Waals surface area contributed by atoms with Crippen molar-refractivity contribution in [3.05, 3.63) is 59.2 Å². The van der Waals surface area contributed by atoms with Gasteiger partial charge in [0.1, 0.15) is 12.4 Å². The number of halogens is 2. The van der Waals surface area contributed by atoms with Crippen LogP contribution >= 0.6 is 0 Å². The molecule has 6 heteroatoms. The molecule has 0 heterocycles. The number of hydrogen-bond acceptors (Lipinski definition) is 4. The number of methoxy groups -OCH3 is 1. The summed E-state index contributed by atoms with van der Waals surface area (Å²) in [6.45, 7) is -0.0272. The molecule has 2 aromatic carbocycles. The van der Waals surface area contributed by atoms with Crippen molar-refractivity contribution < 1.29 is 23.0 Å². The van der Waals surface area contributed by atoms with E-state index in [-0.39, 0.29) is 23.6 Å². The molecule has 0 spiro atoms. The van der Waals surface area contributed by atoms with Crippen LogP contribution in [0.2, 0.25) is 0 Å². The van der Waals surface area contributed by atoms with Gasteiger partial charge in [-0.1, -0.05) is 12.1 Å². The Morgan fingerprint density at radius 3 is 2.62 bits per heavy atom. The van der Waals surface area contributed by atoms with Crippen LogP contribution in [0.1, 0.15) is 15.9 Å². The van der Waals surface area contributed by atoms with Crippen molar-refractivity contribution in [2.75, 3.05) is 12.8 Å². The van der Waals surface area contributed by atoms with E-state index in [2.05, 4.69) is 4.74 Å². The number of esters is 1. The maximum Gasteiger partial charge on any atom is 0.340 e. The van der Waals surface area contributed by atoms with E-state index >= 15 is 0 Å². The van der Waals surface area contributed by atoms with Gasteiger partial charge in [-0.2, -0.15) is 0 Å². The molecule has 0 radical (unpaired) electrons. The smallest absolute Gasteiger partial charge is 0.340 e. The second-order valence-corrected chi connectivity index (χ2v) is 4.24. The lowest BCUT2D eigenvalue weighted by atomic mass is 10.1. The van der Waals surface area contributed by atoms with Gasteiger partial charge in [0.05, 0.1) is 12.7 Å². The lowest BCUT2D eigenvalue weighted by Gasteiger charge is -2.12. The number of nitrogens with two attached hydrogens (primary N) is 1. The second kappa shape index (κ2) is 6.21. The zero-order chi connectivity index (χ0) is 15.4. The van der Waals surface area contributed by atoms with E-state index in [1.165, 1.54) is 13.2 Å². The maximum absolute atomic E-state index is 13.1. The van der Waals surface area contributed by atoms with Crippen LogP contribution < -0.4 is 10.5 Å². The first kappa shape index (κ1) is 14.8. The third-order valence-corrected chi connectivity index (χ3v) is 2.86. The van der Waals surface area contributed by atoms with E-state index in [1.54, 1.807) is 18.2 Å².